The Labute approximate surface area is 227 Å². The molecule has 0 heterocycles. The van der Waals surface area contributed by atoms with Gasteiger partial charge in [-0.3, -0.25) is 24.4 Å². The molecule has 38 heavy (non-hydrogen) atoms. The number of esters is 1. The van der Waals surface area contributed by atoms with Crippen LogP contribution in [0.4, 0.5) is 0 Å². The number of ether oxygens (including phenoxy) is 3. The predicted molar refractivity (Wildman–Crippen MR) is 141 cm³/mol. The molecule has 0 aliphatic rings. The summed E-state index contributed by atoms with van der Waals surface area (Å²) < 4.78 is 14.3. The molecule has 214 valence electrons. The van der Waals surface area contributed by atoms with Crippen molar-refractivity contribution in [2.75, 3.05) is 39.5 Å². The number of amides is 2. The molecular weight excluding hydrogens is 490 g/mol. The van der Waals surface area contributed by atoms with E-state index < -0.39 is 0 Å². The zero-order valence-electron chi connectivity index (χ0n) is 22.8. The van der Waals surface area contributed by atoms with Crippen LogP contribution in [0.25, 0.3) is 0 Å². The molecule has 11 nitrogen and oxygen atoms in total. The second kappa shape index (κ2) is 26.7. The molecule has 0 fully saturated rings. The van der Waals surface area contributed by atoms with Gasteiger partial charge in [0.2, 0.25) is 12.8 Å². The van der Waals surface area contributed by atoms with Gasteiger partial charge in [0.1, 0.15) is 19.8 Å². The molecule has 11 heteroatoms. The third-order valence-electron chi connectivity index (χ3n) is 5.83. The second-order valence-electron chi connectivity index (χ2n) is 8.83. The SMILES string of the molecule is C=CCOC(=O)CCCCCCCN(N(C=O)CCCCCCOC#N)N(C=O)CCCCCCOC#N. The van der Waals surface area contributed by atoms with E-state index in [1.54, 1.807) is 33.7 Å². The van der Waals surface area contributed by atoms with Gasteiger partial charge in [0.15, 0.2) is 0 Å². The number of unbranched alkanes of at least 4 members (excludes halogenated alkanes) is 10. The molecule has 0 aliphatic heterocycles. The van der Waals surface area contributed by atoms with Gasteiger partial charge in [-0.2, -0.15) is 10.5 Å². The van der Waals surface area contributed by atoms with Gasteiger partial charge in [-0.15, -0.1) is 5.12 Å². The molecule has 0 N–H and O–H groups in total. The lowest BCUT2D eigenvalue weighted by Crippen LogP contribution is -2.53. The molecule has 0 aromatic rings. The Morgan fingerprint density at radius 3 is 1.61 bits per heavy atom. The number of nitrogens with zero attached hydrogens (tertiary/aromatic N) is 5. The smallest absolute Gasteiger partial charge is 0.306 e. The molecule has 0 rings (SSSR count). The van der Waals surface area contributed by atoms with E-state index in [1.165, 1.54) is 0 Å². The van der Waals surface area contributed by atoms with E-state index in [2.05, 4.69) is 16.1 Å². The summed E-state index contributed by atoms with van der Waals surface area (Å²) in [6.45, 7) is 6.07. The summed E-state index contributed by atoms with van der Waals surface area (Å²) >= 11 is 0. The third-order valence-corrected chi connectivity index (χ3v) is 5.83. The first-order chi connectivity index (χ1) is 18.6. The fourth-order valence-electron chi connectivity index (χ4n) is 3.82. The molecule has 0 atom stereocenters. The minimum absolute atomic E-state index is 0.213. The molecular formula is C27H45N5O6. The van der Waals surface area contributed by atoms with E-state index in [0.717, 1.165) is 96.3 Å². The van der Waals surface area contributed by atoms with Crippen molar-refractivity contribution in [1.82, 2.24) is 15.1 Å². The highest BCUT2D eigenvalue weighted by atomic mass is 16.5. The summed E-state index contributed by atoms with van der Waals surface area (Å²) in [4.78, 5) is 35.5. The quantitative estimate of drug-likeness (QED) is 0.0360. The van der Waals surface area contributed by atoms with Gasteiger partial charge < -0.3 is 14.2 Å². The highest BCUT2D eigenvalue weighted by molar-refractivity contribution is 5.69. The van der Waals surface area contributed by atoms with Gasteiger partial charge in [-0.25, -0.2) is 0 Å². The van der Waals surface area contributed by atoms with Crippen LogP contribution in [-0.2, 0) is 28.6 Å². The van der Waals surface area contributed by atoms with Crippen molar-refractivity contribution in [1.29, 1.82) is 10.5 Å². The van der Waals surface area contributed by atoms with Crippen LogP contribution in [0.1, 0.15) is 89.9 Å². The van der Waals surface area contributed by atoms with E-state index in [-0.39, 0.29) is 12.6 Å². The monoisotopic (exact) mass is 535 g/mol. The van der Waals surface area contributed by atoms with Gasteiger partial charge in [-0.1, -0.05) is 44.8 Å². The summed E-state index contributed by atoms with van der Waals surface area (Å²) in [6.07, 6.45) is 17.8. The Balaban J connectivity index is 4.66. The number of carbonyl (C=O) groups is 3. The highest BCUT2D eigenvalue weighted by Crippen LogP contribution is 2.12. The molecule has 0 aromatic carbocycles. The summed E-state index contributed by atoms with van der Waals surface area (Å²) in [5.41, 5.74) is 0. The third kappa shape index (κ3) is 19.8. The minimum Gasteiger partial charge on any atom is -0.461 e. The van der Waals surface area contributed by atoms with Crippen molar-refractivity contribution < 1.29 is 28.6 Å². The van der Waals surface area contributed by atoms with Gasteiger partial charge in [0.25, 0.3) is 12.5 Å². The molecule has 0 spiro atoms. The number of hydrogen-bond acceptors (Lipinski definition) is 9. The maximum atomic E-state index is 12.0. The van der Waals surface area contributed by atoms with Crippen LogP contribution in [0.5, 0.6) is 0 Å². The number of carbonyl (C=O) groups excluding carboxylic acids is 3. The van der Waals surface area contributed by atoms with Gasteiger partial charge in [0, 0.05) is 26.1 Å². The van der Waals surface area contributed by atoms with E-state index in [9.17, 15) is 14.4 Å². The van der Waals surface area contributed by atoms with E-state index in [1.807, 2.05) is 0 Å². The molecule has 0 radical (unpaired) electrons. The van der Waals surface area contributed by atoms with Crippen LogP contribution in [0.3, 0.4) is 0 Å². The van der Waals surface area contributed by atoms with Crippen molar-refractivity contribution in [2.24, 2.45) is 0 Å². The summed E-state index contributed by atoms with van der Waals surface area (Å²) in [5, 5.41) is 21.7. The zero-order valence-corrected chi connectivity index (χ0v) is 22.8. The number of hydrazine groups is 2. The average Bonchev–Trinajstić information content (AvgIpc) is 2.93. The molecule has 0 saturated carbocycles. The number of nitriles is 2. The average molecular weight is 536 g/mol. The maximum Gasteiger partial charge on any atom is 0.306 e. The number of hydrogen-bond donors (Lipinski definition) is 0. The predicted octanol–water partition coefficient (Wildman–Crippen LogP) is 4.22. The first kappa shape index (κ1) is 34.7. The largest absolute Gasteiger partial charge is 0.461 e. The van der Waals surface area contributed by atoms with Crippen LogP contribution in [-0.4, -0.2) is 73.4 Å². The van der Waals surface area contributed by atoms with Crippen molar-refractivity contribution in [3.8, 4) is 12.5 Å². The lowest BCUT2D eigenvalue weighted by atomic mass is 10.1. The van der Waals surface area contributed by atoms with Crippen molar-refractivity contribution in [3.63, 3.8) is 0 Å². The van der Waals surface area contributed by atoms with Gasteiger partial charge in [0.05, 0.1) is 0 Å². The fraction of sp³-hybridized carbons (Fsp3) is 0.741. The summed E-state index contributed by atoms with van der Waals surface area (Å²) in [6, 6.07) is 0. The second-order valence-corrected chi connectivity index (χ2v) is 8.83. The zero-order chi connectivity index (χ0) is 28.1. The Morgan fingerprint density at radius 2 is 1.13 bits per heavy atom. The normalized spacial score (nSPS) is 10.2. The van der Waals surface area contributed by atoms with Gasteiger partial charge in [-0.05, 0) is 51.4 Å². The van der Waals surface area contributed by atoms with Crippen LogP contribution in [0.2, 0.25) is 0 Å². The Hall–Kier alpha value is -3.31. The lowest BCUT2D eigenvalue weighted by molar-refractivity contribution is -0.186. The Morgan fingerprint density at radius 1 is 0.684 bits per heavy atom. The standard InChI is InChI=1S/C27H45N5O6/c1-2-20-38-27(35)16-10-4-3-5-13-19-32(30(25-33)17-11-6-8-14-21-36-23-28)31(26-34)18-12-7-9-15-22-37-24-29/h2,25-26H,1,3-22H2. The van der Waals surface area contributed by atoms with Crippen LogP contribution < -0.4 is 0 Å². The highest BCUT2D eigenvalue weighted by Gasteiger charge is 2.20. The molecule has 0 bridgehead atoms. The Kier molecular flexibility index (Phi) is 24.4. The first-order valence-corrected chi connectivity index (χ1v) is 13.6. The molecule has 0 aromatic heterocycles. The van der Waals surface area contributed by atoms with Crippen molar-refractivity contribution >= 4 is 18.8 Å². The van der Waals surface area contributed by atoms with Gasteiger partial charge >= 0.3 is 5.97 Å². The first-order valence-electron chi connectivity index (χ1n) is 13.6. The van der Waals surface area contributed by atoms with Crippen LogP contribution in [0, 0.1) is 23.0 Å². The summed E-state index contributed by atoms with van der Waals surface area (Å²) in [5.74, 6) is -0.213. The minimum atomic E-state index is -0.213. The van der Waals surface area contributed by atoms with Crippen LogP contribution >= 0.6 is 0 Å². The number of rotatable bonds is 28. The molecule has 2 amide bonds. The van der Waals surface area contributed by atoms with Crippen LogP contribution in [0.15, 0.2) is 12.7 Å². The Bertz CT molecular complexity index is 669. The summed E-state index contributed by atoms with van der Waals surface area (Å²) in [7, 11) is 0. The van der Waals surface area contributed by atoms with E-state index >= 15 is 0 Å². The molecule has 0 aliphatic carbocycles. The van der Waals surface area contributed by atoms with E-state index in [0.29, 0.717) is 39.3 Å². The molecule has 0 unspecified atom stereocenters. The topological polar surface area (TPSA) is 136 Å². The fourth-order valence-corrected chi connectivity index (χ4v) is 3.82. The van der Waals surface area contributed by atoms with Crippen molar-refractivity contribution in [3.05, 3.63) is 12.7 Å². The van der Waals surface area contributed by atoms with Crippen molar-refractivity contribution in [2.45, 2.75) is 89.9 Å². The molecule has 0 saturated heterocycles. The lowest BCUT2D eigenvalue weighted by Gasteiger charge is -2.38. The van der Waals surface area contributed by atoms with E-state index in [4.69, 9.17) is 15.3 Å². The maximum absolute atomic E-state index is 12.0.